The molecule has 9 nitrogen and oxygen atoms in total. The first-order valence-corrected chi connectivity index (χ1v) is 16.0. The molecule has 0 unspecified atom stereocenters. The molecule has 0 saturated heterocycles. The molecule has 0 fully saturated rings. The first-order chi connectivity index (χ1) is 21.7. The Labute approximate surface area is 266 Å². The van der Waals surface area contributed by atoms with Crippen LogP contribution < -0.4 is 19.1 Å². The Morgan fingerprint density at radius 2 is 1.58 bits per heavy atom. The van der Waals surface area contributed by atoms with E-state index in [1.54, 1.807) is 24.3 Å². The summed E-state index contributed by atoms with van der Waals surface area (Å²) in [5.74, 6) is -1.06. The van der Waals surface area contributed by atoms with Gasteiger partial charge in [0.25, 0.3) is 10.0 Å². The number of fused-ring (bicyclic) bond motifs is 1. The zero-order chi connectivity index (χ0) is 32.0. The van der Waals surface area contributed by atoms with E-state index < -0.39 is 40.2 Å². The largest absolute Gasteiger partial charge is 0.486 e. The van der Waals surface area contributed by atoms with Crippen molar-refractivity contribution in [3.8, 4) is 11.5 Å². The highest BCUT2D eigenvalue weighted by Crippen LogP contribution is 2.34. The maximum atomic E-state index is 14.4. The Morgan fingerprint density at radius 1 is 0.911 bits per heavy atom. The Hall–Kier alpha value is -4.61. The van der Waals surface area contributed by atoms with Crippen LogP contribution in [-0.2, 0) is 32.6 Å². The minimum absolute atomic E-state index is 0.0527. The second-order valence-corrected chi connectivity index (χ2v) is 12.5. The lowest BCUT2D eigenvalue weighted by Crippen LogP contribution is -2.53. The van der Waals surface area contributed by atoms with Crippen molar-refractivity contribution in [1.29, 1.82) is 0 Å². The third-order valence-corrected chi connectivity index (χ3v) is 9.45. The van der Waals surface area contributed by atoms with Crippen LogP contribution in [0.5, 0.6) is 11.5 Å². The van der Waals surface area contributed by atoms with E-state index >= 15 is 0 Å². The minimum atomic E-state index is -4.42. The monoisotopic (exact) mass is 651 g/mol. The van der Waals surface area contributed by atoms with Crippen molar-refractivity contribution < 1.29 is 31.9 Å². The van der Waals surface area contributed by atoms with Crippen molar-refractivity contribution >= 4 is 39.1 Å². The van der Waals surface area contributed by atoms with Gasteiger partial charge in [0.15, 0.2) is 11.5 Å². The van der Waals surface area contributed by atoms with Crippen molar-refractivity contribution in [3.63, 3.8) is 0 Å². The molecule has 0 bridgehead atoms. The summed E-state index contributed by atoms with van der Waals surface area (Å²) in [5, 5.41) is 3.01. The van der Waals surface area contributed by atoms with E-state index in [0.717, 1.165) is 22.0 Å². The van der Waals surface area contributed by atoms with E-state index in [2.05, 4.69) is 5.32 Å². The van der Waals surface area contributed by atoms with Gasteiger partial charge in [-0.2, -0.15) is 0 Å². The first-order valence-electron chi connectivity index (χ1n) is 14.1. The maximum Gasteiger partial charge on any atom is 0.264 e. The highest BCUT2D eigenvalue weighted by atomic mass is 35.5. The number of ether oxygens (including phenoxy) is 2. The number of hydrogen-bond donors (Lipinski definition) is 1. The lowest BCUT2D eigenvalue weighted by atomic mass is 10.0. The molecule has 234 valence electrons. The van der Waals surface area contributed by atoms with Gasteiger partial charge in [0.1, 0.15) is 31.6 Å². The molecule has 2 amide bonds. The first kappa shape index (κ1) is 31.8. The average molecular weight is 652 g/mol. The van der Waals surface area contributed by atoms with Gasteiger partial charge in [-0.25, -0.2) is 12.8 Å². The van der Waals surface area contributed by atoms with Gasteiger partial charge in [0, 0.05) is 31.1 Å². The number of anilines is 1. The lowest BCUT2D eigenvalue weighted by Gasteiger charge is -2.33. The Bertz CT molecular complexity index is 1770. The smallest absolute Gasteiger partial charge is 0.264 e. The van der Waals surface area contributed by atoms with Crippen LogP contribution >= 0.6 is 11.6 Å². The highest BCUT2D eigenvalue weighted by molar-refractivity contribution is 7.92. The van der Waals surface area contributed by atoms with E-state index in [9.17, 15) is 22.4 Å². The number of nitrogens with one attached hydrogen (secondary N) is 1. The average Bonchev–Trinajstić information content (AvgIpc) is 3.06. The molecule has 4 aromatic carbocycles. The molecule has 0 aromatic heterocycles. The second-order valence-electron chi connectivity index (χ2n) is 10.2. The van der Waals surface area contributed by atoms with E-state index in [1.807, 2.05) is 30.3 Å². The Kier molecular flexibility index (Phi) is 9.90. The van der Waals surface area contributed by atoms with Gasteiger partial charge in [-0.1, -0.05) is 60.1 Å². The van der Waals surface area contributed by atoms with E-state index in [4.69, 9.17) is 21.1 Å². The summed E-state index contributed by atoms with van der Waals surface area (Å²) >= 11 is 6.48. The molecule has 45 heavy (non-hydrogen) atoms. The molecule has 0 spiro atoms. The topological polar surface area (TPSA) is 105 Å². The number of rotatable bonds is 11. The zero-order valence-corrected chi connectivity index (χ0v) is 25.9. The summed E-state index contributed by atoms with van der Waals surface area (Å²) in [6.07, 6.45) is 0.155. The van der Waals surface area contributed by atoms with E-state index in [-0.39, 0.29) is 35.9 Å². The maximum absolute atomic E-state index is 14.4. The molecule has 1 N–H and O–H groups in total. The minimum Gasteiger partial charge on any atom is -0.486 e. The lowest BCUT2D eigenvalue weighted by molar-refractivity contribution is -0.139. The summed E-state index contributed by atoms with van der Waals surface area (Å²) in [6.45, 7) is -0.206. The van der Waals surface area contributed by atoms with Crippen LogP contribution in [0.2, 0.25) is 5.02 Å². The number of carbonyl (C=O) groups is 2. The van der Waals surface area contributed by atoms with Gasteiger partial charge < -0.3 is 19.7 Å². The summed E-state index contributed by atoms with van der Waals surface area (Å²) in [4.78, 5) is 28.9. The Balaban J connectivity index is 1.57. The van der Waals surface area contributed by atoms with Crippen LogP contribution in [0.25, 0.3) is 0 Å². The van der Waals surface area contributed by atoms with Crippen LogP contribution in [-0.4, -0.2) is 58.0 Å². The molecule has 0 radical (unpaired) electrons. The number of benzene rings is 4. The van der Waals surface area contributed by atoms with Crippen LogP contribution in [0.3, 0.4) is 0 Å². The van der Waals surface area contributed by atoms with Crippen molar-refractivity contribution in [3.05, 3.63) is 119 Å². The fourth-order valence-electron chi connectivity index (χ4n) is 4.98. The number of halogens is 2. The highest BCUT2D eigenvalue weighted by Gasteiger charge is 2.35. The number of nitrogens with zero attached hydrogens (tertiary/aromatic N) is 2. The summed E-state index contributed by atoms with van der Waals surface area (Å²) < 4.78 is 54.3. The number of carbonyl (C=O) groups excluding carboxylic acids is 2. The molecule has 4 aromatic rings. The SMILES string of the molecule is CNC(=O)[C@@H](Cc1ccccc1)N(Cc1ccccc1Cl)C(=O)CN(c1ccc(F)cc1)S(=O)(=O)c1ccc2c(c1)OCCO2. The molecule has 5 rings (SSSR count). The molecule has 1 atom stereocenters. The number of amides is 2. The molecule has 1 heterocycles. The fraction of sp³-hybridized carbons (Fsp3) is 0.212. The molecular formula is C33H31ClFN3O6S. The normalized spacial score (nSPS) is 13.0. The van der Waals surface area contributed by atoms with Crippen molar-refractivity contribution in [2.75, 3.05) is 31.1 Å². The fourth-order valence-corrected chi connectivity index (χ4v) is 6.60. The predicted molar refractivity (Wildman–Crippen MR) is 168 cm³/mol. The van der Waals surface area contributed by atoms with Crippen LogP contribution in [0.15, 0.2) is 102 Å². The van der Waals surface area contributed by atoms with Gasteiger partial charge in [-0.05, 0) is 53.6 Å². The predicted octanol–water partition coefficient (Wildman–Crippen LogP) is 4.83. The molecule has 12 heteroatoms. The van der Waals surface area contributed by atoms with Gasteiger partial charge in [-0.15, -0.1) is 0 Å². The molecule has 1 aliphatic rings. The summed E-state index contributed by atoms with van der Waals surface area (Å²) in [7, 11) is -2.95. The molecular weight excluding hydrogens is 621 g/mol. The Morgan fingerprint density at radius 3 is 2.27 bits per heavy atom. The quantitative estimate of drug-likeness (QED) is 0.249. The molecule has 1 aliphatic heterocycles. The molecule has 0 aliphatic carbocycles. The van der Waals surface area contributed by atoms with Crippen molar-refractivity contribution in [2.45, 2.75) is 23.9 Å². The van der Waals surface area contributed by atoms with Gasteiger partial charge >= 0.3 is 0 Å². The van der Waals surface area contributed by atoms with Crippen molar-refractivity contribution in [2.24, 2.45) is 0 Å². The van der Waals surface area contributed by atoms with Crippen molar-refractivity contribution in [1.82, 2.24) is 10.2 Å². The standard InChI is InChI=1S/C33H31ClFN3O6S/c1-36-33(40)29(19-23-7-3-2-4-8-23)37(21-24-9-5-6-10-28(24)34)32(39)22-38(26-13-11-25(35)12-14-26)45(41,42)27-15-16-30-31(20-27)44-18-17-43-30/h2-16,20,29H,17-19,21-22H2,1H3,(H,36,40)/t29-/m1/s1. The second kappa shape index (κ2) is 14.0. The van der Waals surface area contributed by atoms with E-state index in [0.29, 0.717) is 22.9 Å². The van der Waals surface area contributed by atoms with Crippen LogP contribution in [0.4, 0.5) is 10.1 Å². The van der Waals surface area contributed by atoms with Gasteiger partial charge in [0.05, 0.1) is 10.6 Å². The number of likely N-dealkylation sites (N-methyl/N-ethyl adjacent to an activating group) is 1. The van der Waals surface area contributed by atoms with Crippen LogP contribution in [0.1, 0.15) is 11.1 Å². The van der Waals surface area contributed by atoms with E-state index in [1.165, 1.54) is 42.3 Å². The van der Waals surface area contributed by atoms with Gasteiger partial charge in [0.2, 0.25) is 11.8 Å². The molecule has 0 saturated carbocycles. The van der Waals surface area contributed by atoms with Crippen LogP contribution in [0, 0.1) is 5.82 Å². The van der Waals surface area contributed by atoms with Gasteiger partial charge in [-0.3, -0.25) is 13.9 Å². The number of sulfonamides is 1. The summed E-state index contributed by atoms with van der Waals surface area (Å²) in [5.41, 5.74) is 1.41. The number of hydrogen-bond acceptors (Lipinski definition) is 6. The third kappa shape index (κ3) is 7.38. The zero-order valence-electron chi connectivity index (χ0n) is 24.4. The third-order valence-electron chi connectivity index (χ3n) is 7.31. The summed E-state index contributed by atoms with van der Waals surface area (Å²) in [6, 6.07) is 24.0.